The number of hydrogen-bond acceptors (Lipinski definition) is 0. The lowest BCUT2D eigenvalue weighted by molar-refractivity contribution is -0.00289. The summed E-state index contributed by atoms with van der Waals surface area (Å²) in [4.78, 5) is 6.88. The Labute approximate surface area is 139 Å². The summed E-state index contributed by atoms with van der Waals surface area (Å²) >= 11 is 0. The molecule has 0 fully saturated rings. The molecular weight excluding hydrogens is 296 g/mol. The van der Waals surface area contributed by atoms with Crippen LogP contribution in [-0.2, 0) is 0 Å². The highest BCUT2D eigenvalue weighted by molar-refractivity contribution is 6.13. The molecule has 0 bridgehead atoms. The van der Waals surface area contributed by atoms with E-state index in [4.69, 9.17) is 0 Å². The van der Waals surface area contributed by atoms with E-state index in [0.29, 0.717) is 11.4 Å². The van der Waals surface area contributed by atoms with Crippen molar-refractivity contribution in [3.05, 3.63) is 118 Å². The van der Waals surface area contributed by atoms with Gasteiger partial charge in [0, 0.05) is 0 Å². The van der Waals surface area contributed by atoms with Crippen LogP contribution in [0.3, 0.4) is 0 Å². The lowest BCUT2D eigenvalue weighted by Gasteiger charge is -2.01. The molecule has 114 valence electrons. The summed E-state index contributed by atoms with van der Waals surface area (Å²) in [5.41, 5.74) is 22.9. The van der Waals surface area contributed by atoms with Crippen LogP contribution in [0.4, 0.5) is 0 Å². The lowest BCUT2D eigenvalue weighted by Crippen LogP contribution is -2.09. The molecule has 0 saturated heterocycles. The van der Waals surface area contributed by atoms with Crippen LogP contribution in [0.15, 0.2) is 84.9 Å². The van der Waals surface area contributed by atoms with Crippen LogP contribution in [0.1, 0.15) is 22.3 Å². The zero-order chi connectivity index (χ0) is 16.8. The van der Waals surface area contributed by atoms with Crippen LogP contribution in [-0.4, -0.2) is 21.0 Å². The van der Waals surface area contributed by atoms with Crippen LogP contribution in [0.5, 0.6) is 0 Å². The number of benzene rings is 3. The van der Waals surface area contributed by atoms with Crippen LogP contribution < -0.4 is 0 Å². The molecule has 0 aromatic heterocycles. The van der Waals surface area contributed by atoms with Crippen LogP contribution >= 0.6 is 0 Å². The van der Waals surface area contributed by atoms with E-state index in [-0.39, 0.29) is 0 Å². The number of hydrogen-bond donors (Lipinski definition) is 0. The van der Waals surface area contributed by atoms with Crippen molar-refractivity contribution in [3.8, 4) is 0 Å². The minimum atomic E-state index is 0.461. The molecule has 4 heteroatoms. The van der Waals surface area contributed by atoms with Crippen molar-refractivity contribution in [2.24, 2.45) is 0 Å². The molecule has 0 amide bonds. The van der Waals surface area contributed by atoms with E-state index in [0.717, 1.165) is 22.3 Å². The molecule has 0 spiro atoms. The van der Waals surface area contributed by atoms with E-state index in [1.165, 1.54) is 0 Å². The Morgan fingerprint density at radius 1 is 0.500 bits per heavy atom. The fraction of sp³-hybridized carbons (Fsp3) is 0. The van der Waals surface area contributed by atoms with Crippen molar-refractivity contribution in [2.45, 2.75) is 0 Å². The molecular formula is C20H14N4. The summed E-state index contributed by atoms with van der Waals surface area (Å²) < 4.78 is 0. The first kappa shape index (κ1) is 15.3. The van der Waals surface area contributed by atoms with Gasteiger partial charge in [0.1, 0.15) is 0 Å². The normalized spacial score (nSPS) is 9.67. The lowest BCUT2D eigenvalue weighted by atomic mass is 9.96. The van der Waals surface area contributed by atoms with E-state index in [1.54, 1.807) is 0 Å². The molecule has 0 radical (unpaired) electrons. The highest BCUT2D eigenvalue weighted by atomic mass is 14.9. The predicted octanol–water partition coefficient (Wildman–Crippen LogP) is 3.82. The largest absolute Gasteiger partial charge is 0.361 e. The molecule has 0 aliphatic carbocycles. The maximum Gasteiger partial charge on any atom is 0.329 e. The van der Waals surface area contributed by atoms with E-state index >= 15 is 0 Å². The van der Waals surface area contributed by atoms with Gasteiger partial charge in [-0.25, -0.2) is 0 Å². The Kier molecular flexibility index (Phi) is 4.55. The topological polar surface area (TPSA) is 72.8 Å². The second kappa shape index (κ2) is 7.12. The minimum Gasteiger partial charge on any atom is -0.361 e. The third-order valence-electron chi connectivity index (χ3n) is 3.70. The Morgan fingerprint density at radius 3 is 1.25 bits per heavy atom. The van der Waals surface area contributed by atoms with E-state index < -0.39 is 0 Å². The fourth-order valence-corrected chi connectivity index (χ4v) is 2.57. The number of rotatable bonds is 4. The summed E-state index contributed by atoms with van der Waals surface area (Å²) in [6.07, 6.45) is 0. The molecule has 0 saturated carbocycles. The third-order valence-corrected chi connectivity index (χ3v) is 3.70. The average Bonchev–Trinajstić information content (AvgIpc) is 2.65. The zero-order valence-corrected chi connectivity index (χ0v) is 12.9. The van der Waals surface area contributed by atoms with Gasteiger partial charge in [0.2, 0.25) is 0 Å². The quantitative estimate of drug-likeness (QED) is 0.399. The van der Waals surface area contributed by atoms with Gasteiger partial charge in [0.25, 0.3) is 0 Å². The highest BCUT2D eigenvalue weighted by Gasteiger charge is 2.20. The van der Waals surface area contributed by atoms with Crippen molar-refractivity contribution in [1.29, 1.82) is 0 Å². The van der Waals surface area contributed by atoms with Gasteiger partial charge in [-0.3, -0.25) is 0 Å². The summed E-state index contributed by atoms with van der Waals surface area (Å²) in [5, 5.41) is 0. The highest BCUT2D eigenvalue weighted by Crippen LogP contribution is 2.14. The maximum absolute atomic E-state index is 9.44. The first-order valence-electron chi connectivity index (χ1n) is 7.49. The zero-order valence-electron chi connectivity index (χ0n) is 12.9. The molecule has 0 N–H and O–H groups in total. The summed E-state index contributed by atoms with van der Waals surface area (Å²) in [7, 11) is 0. The monoisotopic (exact) mass is 310 g/mol. The van der Waals surface area contributed by atoms with E-state index in [9.17, 15) is 11.1 Å². The molecule has 3 aromatic carbocycles. The molecule has 0 aliphatic rings. The summed E-state index contributed by atoms with van der Waals surface area (Å²) in [6.45, 7) is 0. The van der Waals surface area contributed by atoms with Crippen molar-refractivity contribution in [3.63, 3.8) is 0 Å². The first-order valence-corrected chi connectivity index (χ1v) is 7.49. The standard InChI is InChI=1S/C20H14N4/c21-23-19(15-8-3-1-4-9-15)17-12-7-13-18(14-17)20(24-22)16-10-5-2-6-11-16/h1-14H. The average molecular weight is 310 g/mol. The van der Waals surface area contributed by atoms with Crippen molar-refractivity contribution >= 4 is 11.4 Å². The van der Waals surface area contributed by atoms with Crippen LogP contribution in [0.25, 0.3) is 11.1 Å². The Balaban J connectivity index is 2.07. The van der Waals surface area contributed by atoms with Crippen molar-refractivity contribution < 1.29 is 9.58 Å². The van der Waals surface area contributed by atoms with E-state index in [1.807, 2.05) is 84.9 Å². The maximum atomic E-state index is 9.44. The Morgan fingerprint density at radius 2 is 0.875 bits per heavy atom. The summed E-state index contributed by atoms with van der Waals surface area (Å²) in [5.74, 6) is 0. The third kappa shape index (κ3) is 3.11. The van der Waals surface area contributed by atoms with Gasteiger partial charge in [0.05, 0.1) is 22.3 Å². The SMILES string of the molecule is [N-]=[N+]=C(c1ccccc1)c1cccc(C(=[N+]=[N-])c2ccccc2)c1. The molecule has 4 nitrogen and oxygen atoms in total. The molecule has 24 heavy (non-hydrogen) atoms. The van der Waals surface area contributed by atoms with Crippen molar-refractivity contribution in [1.82, 2.24) is 0 Å². The van der Waals surface area contributed by atoms with Crippen molar-refractivity contribution in [2.75, 3.05) is 0 Å². The molecule has 3 rings (SSSR count). The smallest absolute Gasteiger partial charge is 0.329 e. The van der Waals surface area contributed by atoms with Gasteiger partial charge in [-0.05, 0) is 42.5 Å². The Hall–Kier alpha value is -3.58. The van der Waals surface area contributed by atoms with Gasteiger partial charge in [-0.2, -0.15) is 9.58 Å². The van der Waals surface area contributed by atoms with Gasteiger partial charge >= 0.3 is 11.4 Å². The predicted molar refractivity (Wildman–Crippen MR) is 93.0 cm³/mol. The number of nitrogens with zero attached hydrogens (tertiary/aromatic N) is 4. The van der Waals surface area contributed by atoms with E-state index in [2.05, 4.69) is 9.58 Å². The first-order chi connectivity index (χ1) is 11.8. The second-order valence-corrected chi connectivity index (χ2v) is 5.21. The second-order valence-electron chi connectivity index (χ2n) is 5.21. The van der Waals surface area contributed by atoms with Gasteiger partial charge < -0.3 is 11.1 Å². The minimum absolute atomic E-state index is 0.461. The van der Waals surface area contributed by atoms with Gasteiger partial charge in [-0.1, -0.05) is 42.5 Å². The molecule has 0 atom stereocenters. The molecule has 0 heterocycles. The summed E-state index contributed by atoms with van der Waals surface area (Å²) in [6, 6.07) is 26.2. The van der Waals surface area contributed by atoms with Crippen LogP contribution in [0.2, 0.25) is 0 Å². The Bertz CT molecular complexity index is 872. The van der Waals surface area contributed by atoms with Gasteiger partial charge in [0.15, 0.2) is 0 Å². The fourth-order valence-electron chi connectivity index (χ4n) is 2.57. The molecule has 0 aliphatic heterocycles. The molecule has 0 unspecified atom stereocenters. The molecule has 3 aromatic rings. The van der Waals surface area contributed by atoms with Gasteiger partial charge in [-0.15, -0.1) is 0 Å². The van der Waals surface area contributed by atoms with Crippen LogP contribution in [0, 0.1) is 0 Å².